The Kier molecular flexibility index (Phi) is 4.61. The lowest BCUT2D eigenvalue weighted by Crippen LogP contribution is -1.89. The monoisotopic (exact) mass is 306 g/mol. The lowest BCUT2D eigenvalue weighted by molar-refractivity contribution is 0.358. The van der Waals surface area contributed by atoms with Crippen LogP contribution in [-0.2, 0) is 15.3 Å². The molecular weight excluding hydrogens is 296 g/mol. The Morgan fingerprint density at radius 3 is 2.75 bits per heavy atom. The third-order valence-corrected chi connectivity index (χ3v) is 3.76. The third-order valence-electron chi connectivity index (χ3n) is 2.56. The number of thioether (sulfide) groups is 1. The Bertz CT molecular complexity index is 732. The summed E-state index contributed by atoms with van der Waals surface area (Å²) in [6.07, 6.45) is 3.32. The number of allylic oxidation sites excluding steroid dienone is 2. The van der Waals surface area contributed by atoms with E-state index in [-0.39, 0.29) is 0 Å². The molecule has 1 aromatic rings. The molecule has 2 rings (SSSR count). The van der Waals surface area contributed by atoms with Crippen molar-refractivity contribution in [3.63, 3.8) is 0 Å². The van der Waals surface area contributed by atoms with Gasteiger partial charge < -0.3 is 0 Å². The summed E-state index contributed by atoms with van der Waals surface area (Å²) in [5, 5.41) is 13.2. The Balaban J connectivity index is 2.35. The lowest BCUT2D eigenvalue weighted by atomic mass is 10.0. The van der Waals surface area contributed by atoms with Gasteiger partial charge in [-0.3, -0.25) is 4.28 Å². The van der Waals surface area contributed by atoms with Crippen molar-refractivity contribution in [1.29, 1.82) is 5.26 Å². The number of nitriles is 1. The minimum atomic E-state index is -3.01. The molecule has 0 fully saturated rings. The summed E-state index contributed by atoms with van der Waals surface area (Å²) in [7, 11) is -3.01. The van der Waals surface area contributed by atoms with Crippen LogP contribution in [-0.4, -0.2) is 13.5 Å². The second-order valence-corrected chi connectivity index (χ2v) is 5.51. The van der Waals surface area contributed by atoms with E-state index in [2.05, 4.69) is 15.5 Å². The van der Waals surface area contributed by atoms with E-state index in [4.69, 9.17) is 0 Å². The molecular formula is C13H10N2O3S2. The molecule has 0 aromatic heterocycles. The lowest BCUT2D eigenvalue weighted by Gasteiger charge is -2.05. The maximum atomic E-state index is 10.3. The first-order valence-electron chi connectivity index (χ1n) is 5.57. The van der Waals surface area contributed by atoms with E-state index < -0.39 is 11.0 Å². The quantitative estimate of drug-likeness (QED) is 0.527. The molecule has 1 aliphatic heterocycles. The van der Waals surface area contributed by atoms with Gasteiger partial charge in [0.15, 0.2) is 0 Å². The first kappa shape index (κ1) is 14.4. The molecule has 102 valence electrons. The zero-order chi connectivity index (χ0) is 14.5. The molecule has 1 aliphatic rings. The standard InChI is InChI=1S/C13H10N2O3S2/c1-9-4-2-3-5-10(9)11(8-14)12-6-7-13(19-12)15-18-20(16)17/h2-7,20H,1H3/b12-11+,15-13?. The van der Waals surface area contributed by atoms with Crippen LogP contribution < -0.4 is 0 Å². The third kappa shape index (κ3) is 3.29. The second-order valence-electron chi connectivity index (χ2n) is 3.84. The smallest absolute Gasteiger partial charge is 0.270 e. The van der Waals surface area contributed by atoms with Crippen LogP contribution >= 0.6 is 11.8 Å². The molecule has 0 N–H and O–H groups in total. The SMILES string of the molecule is Cc1ccccc1/C(C#N)=C1\C=CC(=NO[SH](=O)=O)S1. The number of aryl methyl sites for hydroxylation is 1. The normalized spacial score (nSPS) is 18.4. The van der Waals surface area contributed by atoms with Crippen LogP contribution in [0.3, 0.4) is 0 Å². The molecule has 0 saturated carbocycles. The van der Waals surface area contributed by atoms with Gasteiger partial charge in [0.05, 0.1) is 5.57 Å². The van der Waals surface area contributed by atoms with Gasteiger partial charge in [0, 0.05) is 4.91 Å². The summed E-state index contributed by atoms with van der Waals surface area (Å²) in [5.41, 5.74) is 2.37. The average molecular weight is 306 g/mol. The first-order valence-corrected chi connectivity index (χ1v) is 7.49. The molecule has 0 aliphatic carbocycles. The average Bonchev–Trinajstić information content (AvgIpc) is 2.88. The fraction of sp³-hybridized carbons (Fsp3) is 0.0769. The zero-order valence-electron chi connectivity index (χ0n) is 10.4. The summed E-state index contributed by atoms with van der Waals surface area (Å²) >= 11 is 1.19. The molecule has 0 spiro atoms. The number of nitrogens with zero attached hydrogens (tertiary/aromatic N) is 2. The molecule has 5 nitrogen and oxygen atoms in total. The molecule has 20 heavy (non-hydrogen) atoms. The fourth-order valence-corrected chi connectivity index (χ4v) is 2.73. The van der Waals surface area contributed by atoms with E-state index in [1.54, 1.807) is 12.2 Å². The van der Waals surface area contributed by atoms with E-state index >= 15 is 0 Å². The molecule has 1 heterocycles. The van der Waals surface area contributed by atoms with Gasteiger partial charge in [-0.1, -0.05) is 41.2 Å². The van der Waals surface area contributed by atoms with Crippen LogP contribution in [0.25, 0.3) is 5.57 Å². The van der Waals surface area contributed by atoms with Crippen LogP contribution in [0.15, 0.2) is 46.5 Å². The van der Waals surface area contributed by atoms with Gasteiger partial charge in [-0.2, -0.15) is 13.7 Å². The van der Waals surface area contributed by atoms with Crippen LogP contribution in [0.4, 0.5) is 0 Å². The summed E-state index contributed by atoms with van der Waals surface area (Å²) in [6, 6.07) is 9.75. The van der Waals surface area contributed by atoms with Crippen molar-refractivity contribution >= 4 is 33.4 Å². The highest BCUT2D eigenvalue weighted by atomic mass is 32.2. The number of hydrogen-bond donors (Lipinski definition) is 1. The molecule has 0 unspecified atom stereocenters. The van der Waals surface area contributed by atoms with Crippen LogP contribution in [0, 0.1) is 18.3 Å². The largest absolute Gasteiger partial charge is 0.318 e. The molecule has 0 saturated heterocycles. The zero-order valence-corrected chi connectivity index (χ0v) is 12.1. The predicted molar refractivity (Wildman–Crippen MR) is 79.3 cm³/mol. The molecule has 7 heteroatoms. The van der Waals surface area contributed by atoms with Crippen LogP contribution in [0.5, 0.6) is 0 Å². The minimum absolute atomic E-state index is 0.389. The minimum Gasteiger partial charge on any atom is -0.270 e. The summed E-state index contributed by atoms with van der Waals surface area (Å²) in [6.45, 7) is 1.93. The van der Waals surface area contributed by atoms with E-state index in [0.29, 0.717) is 15.5 Å². The highest BCUT2D eigenvalue weighted by molar-refractivity contribution is 8.18. The van der Waals surface area contributed by atoms with Crippen molar-refractivity contribution in [2.75, 3.05) is 0 Å². The van der Waals surface area contributed by atoms with E-state index in [0.717, 1.165) is 11.1 Å². The number of oxime groups is 1. The van der Waals surface area contributed by atoms with E-state index in [1.807, 2.05) is 31.2 Å². The van der Waals surface area contributed by atoms with Gasteiger partial charge >= 0.3 is 11.0 Å². The number of hydrogen-bond acceptors (Lipinski definition) is 6. The number of thiol groups is 1. The predicted octanol–water partition coefficient (Wildman–Crippen LogP) is 2.39. The highest BCUT2D eigenvalue weighted by Crippen LogP contribution is 2.34. The maximum absolute atomic E-state index is 10.3. The molecule has 0 bridgehead atoms. The topological polar surface area (TPSA) is 79.5 Å². The summed E-state index contributed by atoms with van der Waals surface area (Å²) in [4.78, 5) is 0.713. The Labute approximate surface area is 122 Å². The van der Waals surface area contributed by atoms with Crippen molar-refractivity contribution < 1.29 is 12.7 Å². The Morgan fingerprint density at radius 2 is 2.10 bits per heavy atom. The summed E-state index contributed by atoms with van der Waals surface area (Å²) < 4.78 is 24.8. The molecule has 0 radical (unpaired) electrons. The van der Waals surface area contributed by atoms with Gasteiger partial charge in [-0.05, 0) is 30.2 Å². The van der Waals surface area contributed by atoms with Crippen molar-refractivity contribution in [3.8, 4) is 6.07 Å². The van der Waals surface area contributed by atoms with Gasteiger partial charge in [-0.25, -0.2) is 0 Å². The molecule has 0 amide bonds. The van der Waals surface area contributed by atoms with Crippen LogP contribution in [0.2, 0.25) is 0 Å². The van der Waals surface area contributed by atoms with Gasteiger partial charge in [0.1, 0.15) is 11.1 Å². The second kappa shape index (κ2) is 6.41. The summed E-state index contributed by atoms with van der Waals surface area (Å²) in [5.74, 6) is 0. The number of rotatable bonds is 3. The van der Waals surface area contributed by atoms with Gasteiger partial charge in [0.25, 0.3) is 0 Å². The van der Waals surface area contributed by atoms with Crippen LogP contribution in [0.1, 0.15) is 11.1 Å². The Hall–Kier alpha value is -2.04. The first-order chi connectivity index (χ1) is 9.61. The van der Waals surface area contributed by atoms with E-state index in [1.165, 1.54) is 11.8 Å². The number of benzene rings is 1. The van der Waals surface area contributed by atoms with Crippen molar-refractivity contribution in [3.05, 3.63) is 52.4 Å². The highest BCUT2D eigenvalue weighted by Gasteiger charge is 2.16. The van der Waals surface area contributed by atoms with Gasteiger partial charge in [0.2, 0.25) is 0 Å². The van der Waals surface area contributed by atoms with Crippen molar-refractivity contribution in [2.24, 2.45) is 5.16 Å². The van der Waals surface area contributed by atoms with Gasteiger partial charge in [-0.15, -0.1) is 0 Å². The van der Waals surface area contributed by atoms with Crippen molar-refractivity contribution in [2.45, 2.75) is 6.92 Å². The fourth-order valence-electron chi connectivity index (χ4n) is 1.69. The Morgan fingerprint density at radius 1 is 1.35 bits per heavy atom. The molecule has 0 atom stereocenters. The van der Waals surface area contributed by atoms with Crippen molar-refractivity contribution in [1.82, 2.24) is 0 Å². The van der Waals surface area contributed by atoms with E-state index in [9.17, 15) is 13.7 Å². The maximum Gasteiger partial charge on any atom is 0.318 e. The molecule has 1 aromatic carbocycles.